The lowest BCUT2D eigenvalue weighted by atomic mass is 9.97. The second-order valence-corrected chi connectivity index (χ2v) is 8.23. The number of ether oxygens (including phenoxy) is 1. The fourth-order valence-electron chi connectivity index (χ4n) is 3.73. The molecule has 2 aromatic carbocycles. The highest BCUT2D eigenvalue weighted by Crippen LogP contribution is 2.31. The molecule has 1 aliphatic heterocycles. The van der Waals surface area contributed by atoms with Gasteiger partial charge in [-0.25, -0.2) is 0 Å². The summed E-state index contributed by atoms with van der Waals surface area (Å²) in [6.07, 6.45) is 1.55. The van der Waals surface area contributed by atoms with Crippen LogP contribution >= 0.6 is 11.6 Å². The number of hydrogen-bond acceptors (Lipinski definition) is 5. The van der Waals surface area contributed by atoms with Gasteiger partial charge in [-0.15, -0.1) is 0 Å². The molecule has 0 unspecified atom stereocenters. The number of nitrogens with zero attached hydrogens (tertiary/aromatic N) is 1. The van der Waals surface area contributed by atoms with Gasteiger partial charge in [0, 0.05) is 17.6 Å². The average molecular weight is 459 g/mol. The number of para-hydroxylation sites is 1. The van der Waals surface area contributed by atoms with Gasteiger partial charge in [-0.2, -0.15) is 0 Å². The van der Waals surface area contributed by atoms with Crippen LogP contribution in [0.4, 0.5) is 11.4 Å². The number of anilines is 2. The number of nitrogens with two attached hydrogens (primary N) is 1. The minimum atomic E-state index is -0.396. The van der Waals surface area contributed by atoms with E-state index in [-0.39, 0.29) is 24.3 Å². The lowest BCUT2D eigenvalue weighted by Crippen LogP contribution is -2.44. The molecule has 1 atom stereocenters. The standard InChI is InChI=1S/C23H27ClN4O4/c1-14-10-19(20(32-2)11-17(14)24)27-23(31)16-7-3-4-8-18(16)26-21(29)13-28-9-5-6-15(12-28)22(25)30/h3-4,7-8,10-11,15H,5-6,9,12-13H2,1-2H3,(H2,25,30)(H,26,29)(H,27,31)/t15-/m0/s1. The first kappa shape index (κ1) is 23.6. The van der Waals surface area contributed by atoms with Gasteiger partial charge >= 0.3 is 0 Å². The molecule has 1 fully saturated rings. The molecule has 3 rings (SSSR count). The topological polar surface area (TPSA) is 114 Å². The summed E-state index contributed by atoms with van der Waals surface area (Å²) in [5.74, 6) is -0.815. The van der Waals surface area contributed by atoms with E-state index in [0.29, 0.717) is 34.3 Å². The van der Waals surface area contributed by atoms with Crippen LogP contribution in [0.3, 0.4) is 0 Å². The number of aryl methyl sites for hydroxylation is 1. The molecule has 0 aromatic heterocycles. The Morgan fingerprint density at radius 1 is 1.19 bits per heavy atom. The third-order valence-corrected chi connectivity index (χ3v) is 5.86. The summed E-state index contributed by atoms with van der Waals surface area (Å²) in [5, 5.41) is 6.16. The molecule has 3 amide bonds. The van der Waals surface area contributed by atoms with Crippen molar-refractivity contribution in [3.63, 3.8) is 0 Å². The normalized spacial score (nSPS) is 16.3. The molecule has 0 saturated carbocycles. The molecule has 1 aliphatic rings. The quantitative estimate of drug-likeness (QED) is 0.590. The predicted molar refractivity (Wildman–Crippen MR) is 124 cm³/mol. The highest BCUT2D eigenvalue weighted by Gasteiger charge is 2.25. The Hall–Kier alpha value is -3.10. The number of likely N-dealkylation sites (tertiary alicyclic amines) is 1. The van der Waals surface area contributed by atoms with Crippen molar-refractivity contribution in [3.8, 4) is 5.75 Å². The van der Waals surface area contributed by atoms with Crippen LogP contribution in [0.2, 0.25) is 5.02 Å². The number of methoxy groups -OCH3 is 1. The molecule has 4 N–H and O–H groups in total. The first-order chi connectivity index (χ1) is 15.3. The van der Waals surface area contributed by atoms with Crippen molar-refractivity contribution in [2.75, 3.05) is 37.4 Å². The predicted octanol–water partition coefficient (Wildman–Crippen LogP) is 3.05. The Morgan fingerprint density at radius 2 is 1.94 bits per heavy atom. The van der Waals surface area contributed by atoms with Crippen molar-refractivity contribution < 1.29 is 19.1 Å². The largest absolute Gasteiger partial charge is 0.495 e. The van der Waals surface area contributed by atoms with Gasteiger partial charge < -0.3 is 21.1 Å². The van der Waals surface area contributed by atoms with E-state index in [1.54, 1.807) is 36.4 Å². The van der Waals surface area contributed by atoms with Crippen LogP contribution in [0.25, 0.3) is 0 Å². The van der Waals surface area contributed by atoms with E-state index in [1.807, 2.05) is 11.8 Å². The zero-order chi connectivity index (χ0) is 23.3. The molecular weight excluding hydrogens is 432 g/mol. The molecule has 9 heteroatoms. The number of amides is 3. The van der Waals surface area contributed by atoms with E-state index >= 15 is 0 Å². The molecule has 2 aromatic rings. The molecule has 0 radical (unpaired) electrons. The first-order valence-corrected chi connectivity index (χ1v) is 10.7. The number of nitrogens with one attached hydrogen (secondary N) is 2. The molecule has 32 heavy (non-hydrogen) atoms. The Kier molecular flexibility index (Phi) is 7.71. The number of benzene rings is 2. The van der Waals surface area contributed by atoms with Gasteiger partial charge in [0.1, 0.15) is 5.75 Å². The van der Waals surface area contributed by atoms with Gasteiger partial charge in [0.2, 0.25) is 11.8 Å². The van der Waals surface area contributed by atoms with Crippen LogP contribution < -0.4 is 21.1 Å². The first-order valence-electron chi connectivity index (χ1n) is 10.3. The van der Waals surface area contributed by atoms with Gasteiger partial charge in [-0.05, 0) is 50.1 Å². The minimum Gasteiger partial charge on any atom is -0.495 e. The highest BCUT2D eigenvalue weighted by molar-refractivity contribution is 6.31. The molecule has 170 valence electrons. The zero-order valence-electron chi connectivity index (χ0n) is 18.1. The molecule has 8 nitrogen and oxygen atoms in total. The van der Waals surface area contributed by atoms with E-state index in [2.05, 4.69) is 10.6 Å². The van der Waals surface area contributed by atoms with Crippen molar-refractivity contribution in [1.29, 1.82) is 0 Å². The summed E-state index contributed by atoms with van der Waals surface area (Å²) in [6.45, 7) is 3.12. The third-order valence-electron chi connectivity index (χ3n) is 5.45. The summed E-state index contributed by atoms with van der Waals surface area (Å²) >= 11 is 6.14. The lowest BCUT2D eigenvalue weighted by molar-refractivity contribution is -0.125. The van der Waals surface area contributed by atoms with Crippen molar-refractivity contribution in [1.82, 2.24) is 4.90 Å². The maximum absolute atomic E-state index is 13.0. The summed E-state index contributed by atoms with van der Waals surface area (Å²) < 4.78 is 5.32. The van der Waals surface area contributed by atoms with Gasteiger partial charge in [0.15, 0.2) is 0 Å². The molecule has 1 heterocycles. The summed E-state index contributed by atoms with van der Waals surface area (Å²) in [6, 6.07) is 10.1. The van der Waals surface area contributed by atoms with E-state index in [4.69, 9.17) is 22.1 Å². The smallest absolute Gasteiger partial charge is 0.257 e. The fraction of sp³-hybridized carbons (Fsp3) is 0.348. The summed E-state index contributed by atoms with van der Waals surface area (Å²) in [7, 11) is 1.49. The number of hydrogen-bond donors (Lipinski definition) is 3. The third kappa shape index (κ3) is 5.77. The number of carbonyl (C=O) groups is 3. The van der Waals surface area contributed by atoms with Crippen molar-refractivity contribution >= 4 is 40.7 Å². The SMILES string of the molecule is COc1cc(Cl)c(C)cc1NC(=O)c1ccccc1NC(=O)CN1CCC[C@H](C(N)=O)C1. The maximum Gasteiger partial charge on any atom is 0.257 e. The fourth-order valence-corrected chi connectivity index (χ4v) is 3.89. The second-order valence-electron chi connectivity index (χ2n) is 7.83. The van der Waals surface area contributed by atoms with Gasteiger partial charge in [0.05, 0.1) is 36.5 Å². The lowest BCUT2D eigenvalue weighted by Gasteiger charge is -2.30. The van der Waals surface area contributed by atoms with Crippen LogP contribution in [0.1, 0.15) is 28.8 Å². The van der Waals surface area contributed by atoms with E-state index < -0.39 is 5.91 Å². The van der Waals surface area contributed by atoms with Gasteiger partial charge in [0.25, 0.3) is 5.91 Å². The van der Waals surface area contributed by atoms with Crippen LogP contribution in [-0.4, -0.2) is 49.4 Å². The number of piperidine rings is 1. The van der Waals surface area contributed by atoms with E-state index in [9.17, 15) is 14.4 Å². The van der Waals surface area contributed by atoms with Gasteiger partial charge in [-0.1, -0.05) is 23.7 Å². The Labute approximate surface area is 192 Å². The second kappa shape index (κ2) is 10.5. The minimum absolute atomic E-state index is 0.115. The summed E-state index contributed by atoms with van der Waals surface area (Å²) in [5.41, 5.74) is 7.38. The van der Waals surface area contributed by atoms with Gasteiger partial charge in [-0.3, -0.25) is 19.3 Å². The average Bonchev–Trinajstić information content (AvgIpc) is 2.76. The zero-order valence-corrected chi connectivity index (χ0v) is 18.9. The van der Waals surface area contributed by atoms with Crippen LogP contribution in [0.15, 0.2) is 36.4 Å². The summed E-state index contributed by atoms with van der Waals surface area (Å²) in [4.78, 5) is 39.0. The number of rotatable bonds is 7. The monoisotopic (exact) mass is 458 g/mol. The Bertz CT molecular complexity index is 1030. The highest BCUT2D eigenvalue weighted by atomic mass is 35.5. The van der Waals surface area contributed by atoms with Crippen molar-refractivity contribution in [3.05, 3.63) is 52.5 Å². The van der Waals surface area contributed by atoms with Crippen LogP contribution in [0.5, 0.6) is 5.75 Å². The maximum atomic E-state index is 13.0. The molecule has 1 saturated heterocycles. The van der Waals surface area contributed by atoms with Crippen molar-refractivity contribution in [2.24, 2.45) is 11.7 Å². The number of primary amides is 1. The molecule has 0 spiro atoms. The van der Waals surface area contributed by atoms with Crippen LogP contribution in [-0.2, 0) is 9.59 Å². The van der Waals surface area contributed by atoms with E-state index in [1.165, 1.54) is 7.11 Å². The van der Waals surface area contributed by atoms with Crippen molar-refractivity contribution in [2.45, 2.75) is 19.8 Å². The molecule has 0 aliphatic carbocycles. The Balaban J connectivity index is 1.70. The number of carbonyl (C=O) groups excluding carboxylic acids is 3. The molecular formula is C23H27ClN4O4. The Morgan fingerprint density at radius 3 is 2.66 bits per heavy atom. The number of halogens is 1. The molecule has 0 bridgehead atoms. The van der Waals surface area contributed by atoms with E-state index in [0.717, 1.165) is 24.9 Å². The van der Waals surface area contributed by atoms with Crippen LogP contribution in [0, 0.1) is 12.8 Å².